The standard InChI is InChI=1S/C12H11FN4O/c13-10-7-15-6-5-11(10)16-12(18)8-1-3-9(17-14)4-2-8/h1-7,17H,14H2,(H,15,16,18). The van der Waals surface area contributed by atoms with E-state index in [9.17, 15) is 9.18 Å². The van der Waals surface area contributed by atoms with Crippen molar-refractivity contribution in [2.24, 2.45) is 5.84 Å². The molecule has 0 saturated heterocycles. The molecule has 2 rings (SSSR count). The van der Waals surface area contributed by atoms with E-state index in [-0.39, 0.29) is 5.69 Å². The van der Waals surface area contributed by atoms with Gasteiger partial charge in [0.1, 0.15) is 0 Å². The molecule has 0 saturated carbocycles. The van der Waals surface area contributed by atoms with E-state index in [1.165, 1.54) is 12.3 Å². The van der Waals surface area contributed by atoms with Crippen LogP contribution in [0.15, 0.2) is 42.7 Å². The zero-order valence-corrected chi connectivity index (χ0v) is 9.35. The van der Waals surface area contributed by atoms with Crippen LogP contribution in [0.5, 0.6) is 0 Å². The van der Waals surface area contributed by atoms with Crippen LogP contribution in [0, 0.1) is 5.82 Å². The van der Waals surface area contributed by atoms with Crippen molar-refractivity contribution in [1.29, 1.82) is 0 Å². The van der Waals surface area contributed by atoms with E-state index in [0.717, 1.165) is 6.20 Å². The van der Waals surface area contributed by atoms with Gasteiger partial charge in [-0.25, -0.2) is 4.39 Å². The Labute approximate surface area is 103 Å². The molecule has 0 spiro atoms. The Morgan fingerprint density at radius 1 is 1.22 bits per heavy atom. The van der Waals surface area contributed by atoms with E-state index >= 15 is 0 Å². The van der Waals surface area contributed by atoms with E-state index in [1.807, 2.05) is 0 Å². The second-order valence-corrected chi connectivity index (χ2v) is 3.53. The number of hydrazine groups is 1. The molecule has 0 aliphatic carbocycles. The Hall–Kier alpha value is -2.47. The molecule has 2 aromatic rings. The van der Waals surface area contributed by atoms with Crippen molar-refractivity contribution in [3.8, 4) is 0 Å². The van der Waals surface area contributed by atoms with Gasteiger partial charge in [-0.15, -0.1) is 0 Å². The number of benzene rings is 1. The molecule has 0 atom stereocenters. The van der Waals surface area contributed by atoms with Gasteiger partial charge in [-0.3, -0.25) is 15.6 Å². The summed E-state index contributed by atoms with van der Waals surface area (Å²) in [6.07, 6.45) is 2.44. The van der Waals surface area contributed by atoms with Crippen molar-refractivity contribution >= 4 is 17.3 Å². The van der Waals surface area contributed by atoms with Crippen LogP contribution >= 0.6 is 0 Å². The molecular formula is C12H11FN4O. The third-order valence-corrected chi connectivity index (χ3v) is 2.33. The predicted octanol–water partition coefficient (Wildman–Crippen LogP) is 1.76. The molecular weight excluding hydrogens is 235 g/mol. The summed E-state index contributed by atoms with van der Waals surface area (Å²) >= 11 is 0. The molecule has 0 fully saturated rings. The molecule has 18 heavy (non-hydrogen) atoms. The van der Waals surface area contributed by atoms with Crippen LogP contribution in [0.3, 0.4) is 0 Å². The number of rotatable bonds is 3. The van der Waals surface area contributed by atoms with Gasteiger partial charge in [0.05, 0.1) is 11.9 Å². The first-order valence-corrected chi connectivity index (χ1v) is 5.18. The topological polar surface area (TPSA) is 80.0 Å². The minimum absolute atomic E-state index is 0.0935. The van der Waals surface area contributed by atoms with Gasteiger partial charge >= 0.3 is 0 Å². The van der Waals surface area contributed by atoms with Crippen LogP contribution < -0.4 is 16.6 Å². The lowest BCUT2D eigenvalue weighted by molar-refractivity contribution is 0.102. The first kappa shape index (κ1) is 12.0. The number of pyridine rings is 1. The Morgan fingerprint density at radius 3 is 2.56 bits per heavy atom. The van der Waals surface area contributed by atoms with Crippen LogP contribution in [-0.4, -0.2) is 10.9 Å². The van der Waals surface area contributed by atoms with Gasteiger partial charge in [-0.1, -0.05) is 0 Å². The number of nitrogens with zero attached hydrogens (tertiary/aromatic N) is 1. The molecule has 1 amide bonds. The molecule has 6 heteroatoms. The lowest BCUT2D eigenvalue weighted by Crippen LogP contribution is -2.13. The van der Waals surface area contributed by atoms with Crippen molar-refractivity contribution in [1.82, 2.24) is 4.98 Å². The lowest BCUT2D eigenvalue weighted by Gasteiger charge is -2.06. The highest BCUT2D eigenvalue weighted by atomic mass is 19.1. The number of nitrogens with one attached hydrogen (secondary N) is 2. The van der Waals surface area contributed by atoms with Crippen molar-refractivity contribution < 1.29 is 9.18 Å². The zero-order chi connectivity index (χ0) is 13.0. The zero-order valence-electron chi connectivity index (χ0n) is 9.35. The first-order valence-electron chi connectivity index (χ1n) is 5.18. The summed E-state index contributed by atoms with van der Waals surface area (Å²) in [6.45, 7) is 0. The summed E-state index contributed by atoms with van der Waals surface area (Å²) in [5, 5.41) is 2.46. The number of carbonyl (C=O) groups excluding carboxylic acids is 1. The first-order chi connectivity index (χ1) is 8.70. The summed E-state index contributed by atoms with van der Waals surface area (Å²) < 4.78 is 13.3. The monoisotopic (exact) mass is 246 g/mol. The van der Waals surface area contributed by atoms with Crippen molar-refractivity contribution in [3.05, 3.63) is 54.1 Å². The molecule has 1 heterocycles. The van der Waals surface area contributed by atoms with Gasteiger partial charge in [0.15, 0.2) is 5.82 Å². The van der Waals surface area contributed by atoms with Crippen LogP contribution in [0.25, 0.3) is 0 Å². The lowest BCUT2D eigenvalue weighted by atomic mass is 10.2. The molecule has 0 radical (unpaired) electrons. The van der Waals surface area contributed by atoms with Crippen molar-refractivity contribution in [2.75, 3.05) is 10.7 Å². The molecule has 4 N–H and O–H groups in total. The van der Waals surface area contributed by atoms with Crippen molar-refractivity contribution in [3.63, 3.8) is 0 Å². The molecule has 92 valence electrons. The normalized spacial score (nSPS) is 9.89. The average molecular weight is 246 g/mol. The van der Waals surface area contributed by atoms with Gasteiger partial charge in [-0.05, 0) is 30.3 Å². The summed E-state index contributed by atoms with van der Waals surface area (Å²) in [5.41, 5.74) is 3.64. The minimum Gasteiger partial charge on any atom is -0.324 e. The molecule has 0 bridgehead atoms. The number of halogens is 1. The van der Waals surface area contributed by atoms with E-state index in [4.69, 9.17) is 5.84 Å². The largest absolute Gasteiger partial charge is 0.324 e. The van der Waals surface area contributed by atoms with Gasteiger partial charge < -0.3 is 10.7 Å². The summed E-state index contributed by atoms with van der Waals surface area (Å²) in [7, 11) is 0. The fourth-order valence-corrected chi connectivity index (χ4v) is 1.39. The SMILES string of the molecule is NNc1ccc(C(=O)Nc2ccncc2F)cc1. The van der Waals surface area contributed by atoms with Crippen LogP contribution in [0.1, 0.15) is 10.4 Å². The third kappa shape index (κ3) is 2.61. The Balaban J connectivity index is 2.14. The second-order valence-electron chi connectivity index (χ2n) is 3.53. The Morgan fingerprint density at radius 2 is 1.94 bits per heavy atom. The fraction of sp³-hybridized carbons (Fsp3) is 0. The van der Waals surface area contributed by atoms with Crippen LogP contribution in [-0.2, 0) is 0 Å². The van der Waals surface area contributed by atoms with Crippen LogP contribution in [0.4, 0.5) is 15.8 Å². The maximum absolute atomic E-state index is 13.3. The number of aromatic nitrogens is 1. The van der Waals surface area contributed by atoms with E-state index in [0.29, 0.717) is 11.3 Å². The van der Waals surface area contributed by atoms with Gasteiger partial charge in [-0.2, -0.15) is 0 Å². The third-order valence-electron chi connectivity index (χ3n) is 2.33. The van der Waals surface area contributed by atoms with E-state index in [2.05, 4.69) is 15.7 Å². The number of anilines is 2. The second kappa shape index (κ2) is 5.24. The quantitative estimate of drug-likeness (QED) is 0.569. The molecule has 1 aromatic carbocycles. The van der Waals surface area contributed by atoms with Gasteiger partial charge in [0.2, 0.25) is 0 Å². The van der Waals surface area contributed by atoms with Gasteiger partial charge in [0.25, 0.3) is 5.91 Å². The fourth-order valence-electron chi connectivity index (χ4n) is 1.39. The number of hydrogen-bond donors (Lipinski definition) is 3. The molecule has 0 unspecified atom stereocenters. The number of nitrogens with two attached hydrogens (primary N) is 1. The smallest absolute Gasteiger partial charge is 0.255 e. The maximum atomic E-state index is 13.3. The molecule has 1 aromatic heterocycles. The Kier molecular flexibility index (Phi) is 3.49. The van der Waals surface area contributed by atoms with E-state index in [1.54, 1.807) is 24.3 Å². The predicted molar refractivity (Wildman–Crippen MR) is 66.4 cm³/mol. The highest BCUT2D eigenvalue weighted by Crippen LogP contribution is 2.14. The summed E-state index contributed by atoms with van der Waals surface area (Å²) in [6, 6.07) is 7.87. The summed E-state index contributed by atoms with van der Waals surface area (Å²) in [4.78, 5) is 15.4. The molecule has 0 aliphatic heterocycles. The molecule has 5 nitrogen and oxygen atoms in total. The minimum atomic E-state index is -0.578. The Bertz CT molecular complexity index is 556. The highest BCUT2D eigenvalue weighted by molar-refractivity contribution is 6.04. The average Bonchev–Trinajstić information content (AvgIpc) is 2.41. The molecule has 0 aliphatic rings. The number of amides is 1. The number of nitrogen functional groups attached to an aromatic ring is 1. The maximum Gasteiger partial charge on any atom is 0.255 e. The van der Waals surface area contributed by atoms with E-state index < -0.39 is 11.7 Å². The summed E-state index contributed by atoms with van der Waals surface area (Å²) in [5.74, 6) is 4.24. The number of hydrogen-bond acceptors (Lipinski definition) is 4. The van der Waals surface area contributed by atoms with Gasteiger partial charge in [0, 0.05) is 17.4 Å². The highest BCUT2D eigenvalue weighted by Gasteiger charge is 2.08. The van der Waals surface area contributed by atoms with Crippen molar-refractivity contribution in [2.45, 2.75) is 0 Å². The van der Waals surface area contributed by atoms with Crippen LogP contribution in [0.2, 0.25) is 0 Å². The number of carbonyl (C=O) groups is 1.